The SMILES string of the molecule is CC(C)N(C)S(=O)(=O)CC1(N)CCCCC1. The molecule has 96 valence electrons. The summed E-state index contributed by atoms with van der Waals surface area (Å²) in [5, 5.41) is 0. The van der Waals surface area contributed by atoms with Crippen molar-refractivity contribution in [1.29, 1.82) is 0 Å². The summed E-state index contributed by atoms with van der Waals surface area (Å²) in [4.78, 5) is 0. The molecule has 0 unspecified atom stereocenters. The van der Waals surface area contributed by atoms with E-state index >= 15 is 0 Å². The topological polar surface area (TPSA) is 63.4 Å². The number of hydrogen-bond acceptors (Lipinski definition) is 3. The van der Waals surface area contributed by atoms with Crippen LogP contribution < -0.4 is 5.73 Å². The largest absolute Gasteiger partial charge is 0.324 e. The molecule has 0 heterocycles. The molecule has 0 radical (unpaired) electrons. The van der Waals surface area contributed by atoms with E-state index < -0.39 is 15.6 Å². The number of nitrogens with zero attached hydrogens (tertiary/aromatic N) is 1. The molecule has 0 amide bonds. The fourth-order valence-corrected chi connectivity index (χ4v) is 4.05. The van der Waals surface area contributed by atoms with Crippen molar-refractivity contribution in [1.82, 2.24) is 4.31 Å². The molecule has 1 rings (SSSR count). The van der Waals surface area contributed by atoms with E-state index in [1.807, 2.05) is 13.8 Å². The number of sulfonamides is 1. The molecule has 1 fully saturated rings. The van der Waals surface area contributed by atoms with Gasteiger partial charge in [-0.1, -0.05) is 19.3 Å². The molecule has 5 heteroatoms. The summed E-state index contributed by atoms with van der Waals surface area (Å²) in [6.45, 7) is 3.75. The Morgan fingerprint density at radius 1 is 1.25 bits per heavy atom. The maximum atomic E-state index is 12.1. The third-order valence-electron chi connectivity index (χ3n) is 3.49. The second kappa shape index (κ2) is 5.02. The lowest BCUT2D eigenvalue weighted by Crippen LogP contribution is -2.51. The van der Waals surface area contributed by atoms with Crippen molar-refractivity contribution in [2.75, 3.05) is 12.8 Å². The summed E-state index contributed by atoms with van der Waals surface area (Å²) in [6.07, 6.45) is 4.95. The van der Waals surface area contributed by atoms with Gasteiger partial charge in [0.25, 0.3) is 0 Å². The van der Waals surface area contributed by atoms with Gasteiger partial charge >= 0.3 is 0 Å². The van der Waals surface area contributed by atoms with Crippen LogP contribution in [-0.4, -0.2) is 37.1 Å². The Labute approximate surface area is 99.2 Å². The van der Waals surface area contributed by atoms with Gasteiger partial charge in [-0.3, -0.25) is 0 Å². The lowest BCUT2D eigenvalue weighted by atomic mass is 9.84. The Hall–Kier alpha value is -0.130. The predicted octanol–water partition coefficient (Wildman–Crippen LogP) is 1.32. The van der Waals surface area contributed by atoms with Gasteiger partial charge in [0.15, 0.2) is 0 Å². The molecule has 2 N–H and O–H groups in total. The van der Waals surface area contributed by atoms with Gasteiger partial charge in [-0.2, -0.15) is 0 Å². The average molecular weight is 248 g/mol. The third-order valence-corrected chi connectivity index (χ3v) is 5.72. The standard InChI is InChI=1S/C11H24N2O2S/c1-10(2)13(3)16(14,15)9-11(12)7-5-4-6-8-11/h10H,4-9,12H2,1-3H3. The highest BCUT2D eigenvalue weighted by atomic mass is 32.2. The summed E-state index contributed by atoms with van der Waals surface area (Å²) in [7, 11) is -1.58. The molecule has 0 aromatic rings. The van der Waals surface area contributed by atoms with E-state index in [-0.39, 0.29) is 11.8 Å². The van der Waals surface area contributed by atoms with E-state index in [1.165, 1.54) is 10.7 Å². The van der Waals surface area contributed by atoms with Gasteiger partial charge in [0.1, 0.15) is 0 Å². The zero-order chi connectivity index (χ0) is 12.4. The molecule has 16 heavy (non-hydrogen) atoms. The molecule has 0 aromatic heterocycles. The quantitative estimate of drug-likeness (QED) is 0.816. The van der Waals surface area contributed by atoms with Gasteiger partial charge < -0.3 is 5.73 Å². The van der Waals surface area contributed by atoms with E-state index in [1.54, 1.807) is 7.05 Å². The molecule has 0 aromatic carbocycles. The second-order valence-corrected chi connectivity index (χ2v) is 7.32. The van der Waals surface area contributed by atoms with Crippen molar-refractivity contribution >= 4 is 10.0 Å². The van der Waals surface area contributed by atoms with E-state index in [4.69, 9.17) is 5.73 Å². The van der Waals surface area contributed by atoms with Crippen molar-refractivity contribution < 1.29 is 8.42 Å². The summed E-state index contributed by atoms with van der Waals surface area (Å²) < 4.78 is 25.6. The normalized spacial score (nSPS) is 21.6. The van der Waals surface area contributed by atoms with Crippen LogP contribution in [0, 0.1) is 0 Å². The minimum Gasteiger partial charge on any atom is -0.324 e. The van der Waals surface area contributed by atoms with Gasteiger partial charge in [-0.05, 0) is 26.7 Å². The molecular formula is C11H24N2O2S. The minimum atomic E-state index is -3.21. The Morgan fingerprint density at radius 3 is 2.19 bits per heavy atom. The van der Waals surface area contributed by atoms with E-state index in [0.29, 0.717) is 0 Å². The van der Waals surface area contributed by atoms with Gasteiger partial charge in [-0.15, -0.1) is 0 Å². The average Bonchev–Trinajstić information content (AvgIpc) is 2.15. The lowest BCUT2D eigenvalue weighted by Gasteiger charge is -2.35. The second-order valence-electron chi connectivity index (χ2n) is 5.29. The molecule has 1 aliphatic rings. The first-order valence-electron chi connectivity index (χ1n) is 6.01. The highest BCUT2D eigenvalue weighted by Crippen LogP contribution is 2.28. The van der Waals surface area contributed by atoms with Gasteiger partial charge in [0.05, 0.1) is 5.75 Å². The maximum Gasteiger partial charge on any atom is 0.215 e. The molecule has 1 saturated carbocycles. The van der Waals surface area contributed by atoms with Crippen molar-refractivity contribution in [2.45, 2.75) is 57.5 Å². The molecule has 0 saturated heterocycles. The third kappa shape index (κ3) is 3.43. The van der Waals surface area contributed by atoms with Crippen LogP contribution in [0.3, 0.4) is 0 Å². The summed E-state index contributed by atoms with van der Waals surface area (Å²) in [6, 6.07) is -0.00260. The monoisotopic (exact) mass is 248 g/mol. The molecule has 0 atom stereocenters. The highest BCUT2D eigenvalue weighted by Gasteiger charge is 2.35. The molecular weight excluding hydrogens is 224 g/mol. The van der Waals surface area contributed by atoms with E-state index in [2.05, 4.69) is 0 Å². The fourth-order valence-electron chi connectivity index (χ4n) is 2.19. The predicted molar refractivity (Wildman–Crippen MR) is 66.7 cm³/mol. The first-order chi connectivity index (χ1) is 7.27. The molecule has 4 nitrogen and oxygen atoms in total. The number of hydrogen-bond donors (Lipinski definition) is 1. The van der Waals surface area contributed by atoms with Crippen LogP contribution in [0.2, 0.25) is 0 Å². The van der Waals surface area contributed by atoms with Crippen LogP contribution in [-0.2, 0) is 10.0 Å². The van der Waals surface area contributed by atoms with Gasteiger partial charge in [0, 0.05) is 18.6 Å². The van der Waals surface area contributed by atoms with Crippen LogP contribution in [0.25, 0.3) is 0 Å². The minimum absolute atomic E-state index is 0.00260. The fraction of sp³-hybridized carbons (Fsp3) is 1.00. The zero-order valence-electron chi connectivity index (χ0n) is 10.6. The van der Waals surface area contributed by atoms with Crippen LogP contribution in [0.4, 0.5) is 0 Å². The summed E-state index contributed by atoms with van der Waals surface area (Å²) >= 11 is 0. The molecule has 0 aliphatic heterocycles. The lowest BCUT2D eigenvalue weighted by molar-refractivity contribution is 0.315. The Bertz CT molecular complexity index is 319. The Morgan fingerprint density at radius 2 is 1.75 bits per heavy atom. The van der Waals surface area contributed by atoms with Crippen LogP contribution >= 0.6 is 0 Å². The van der Waals surface area contributed by atoms with E-state index in [0.717, 1.165) is 25.7 Å². The van der Waals surface area contributed by atoms with E-state index in [9.17, 15) is 8.42 Å². The smallest absolute Gasteiger partial charge is 0.215 e. The van der Waals surface area contributed by atoms with Crippen molar-refractivity contribution in [3.8, 4) is 0 Å². The zero-order valence-corrected chi connectivity index (χ0v) is 11.4. The van der Waals surface area contributed by atoms with Crippen LogP contribution in [0.5, 0.6) is 0 Å². The number of rotatable bonds is 4. The molecule has 0 spiro atoms. The van der Waals surface area contributed by atoms with Crippen molar-refractivity contribution in [3.05, 3.63) is 0 Å². The van der Waals surface area contributed by atoms with Gasteiger partial charge in [-0.25, -0.2) is 12.7 Å². The van der Waals surface area contributed by atoms with Crippen LogP contribution in [0.1, 0.15) is 46.0 Å². The first-order valence-corrected chi connectivity index (χ1v) is 7.62. The first kappa shape index (κ1) is 13.9. The number of nitrogens with two attached hydrogens (primary N) is 1. The highest BCUT2D eigenvalue weighted by molar-refractivity contribution is 7.89. The maximum absolute atomic E-state index is 12.1. The van der Waals surface area contributed by atoms with Gasteiger partial charge in [0.2, 0.25) is 10.0 Å². The Kier molecular flexibility index (Phi) is 4.37. The summed E-state index contributed by atoms with van der Waals surface area (Å²) in [5.74, 6) is 0.0919. The van der Waals surface area contributed by atoms with Crippen LogP contribution in [0.15, 0.2) is 0 Å². The molecule has 1 aliphatic carbocycles. The van der Waals surface area contributed by atoms with Crippen molar-refractivity contribution in [2.24, 2.45) is 5.73 Å². The van der Waals surface area contributed by atoms with Crippen molar-refractivity contribution in [3.63, 3.8) is 0 Å². The Balaban J connectivity index is 2.71. The molecule has 0 bridgehead atoms. The summed E-state index contributed by atoms with van der Waals surface area (Å²) in [5.41, 5.74) is 5.68.